The van der Waals surface area contributed by atoms with Crippen LogP contribution in [0.15, 0.2) is 0 Å². The topological polar surface area (TPSA) is 92.6 Å². The van der Waals surface area contributed by atoms with E-state index in [1.807, 2.05) is 5.32 Å². The quantitative estimate of drug-likeness (QED) is 0.283. The van der Waals surface area contributed by atoms with Crippen LogP contribution in [-0.2, 0) is 4.79 Å². The molecule has 0 aromatic rings. The number of hydrogen-bond acceptors (Lipinski definition) is 4. The zero-order valence-electron chi connectivity index (χ0n) is 4.73. The molecule has 1 aliphatic rings. The first-order valence-corrected chi connectivity index (χ1v) is 2.38. The van der Waals surface area contributed by atoms with Crippen LogP contribution in [0.4, 0.5) is 4.79 Å². The molecule has 7 heteroatoms. The number of nitrogens with one attached hydrogen (secondary N) is 1. The maximum atomic E-state index is 10.4. The summed E-state index contributed by atoms with van der Waals surface area (Å²) in [5.74, 6) is -0.838. The van der Waals surface area contributed by atoms with Gasteiger partial charge in [-0.2, -0.15) is 0 Å². The highest BCUT2D eigenvalue weighted by molar-refractivity contribution is 6.00. The van der Waals surface area contributed by atoms with E-state index in [9.17, 15) is 19.7 Å². The minimum Gasteiger partial charge on any atom is -0.324 e. The summed E-state index contributed by atoms with van der Waals surface area (Å²) in [6.45, 7) is -0.292. The van der Waals surface area contributed by atoms with Gasteiger partial charge in [-0.15, -0.1) is 0 Å². The molecule has 1 rings (SSSR count). The first-order chi connectivity index (χ1) is 4.63. The van der Waals surface area contributed by atoms with Gasteiger partial charge in [0.15, 0.2) is 5.03 Å². The van der Waals surface area contributed by atoms with E-state index < -0.39 is 17.0 Å². The van der Waals surface area contributed by atoms with Crippen molar-refractivity contribution in [3.63, 3.8) is 0 Å². The van der Waals surface area contributed by atoms with E-state index in [2.05, 4.69) is 0 Å². The van der Waals surface area contributed by atoms with Gasteiger partial charge in [-0.1, -0.05) is 0 Å². The van der Waals surface area contributed by atoms with Crippen LogP contribution in [0.5, 0.6) is 0 Å². The fraction of sp³-hybridized carbons (Fsp3) is 0.333. The van der Waals surface area contributed by atoms with Crippen LogP contribution >= 0.6 is 0 Å². The summed E-state index contributed by atoms with van der Waals surface area (Å²) in [4.78, 5) is 30.7. The second kappa shape index (κ2) is 1.94. The molecule has 7 nitrogen and oxygen atoms in total. The highest BCUT2D eigenvalue weighted by Crippen LogP contribution is 1.96. The van der Waals surface area contributed by atoms with Crippen molar-refractivity contribution in [2.75, 3.05) is 6.54 Å². The Hall–Kier alpha value is -1.66. The number of nitro groups is 1. The molecule has 0 aromatic carbocycles. The largest absolute Gasteiger partial charge is 0.385 e. The predicted octanol–water partition coefficient (Wildman–Crippen LogP) is -1.27. The Morgan fingerprint density at radius 2 is 2.20 bits per heavy atom. The number of carbonyl (C=O) groups is 2. The Balaban J connectivity index is 2.82. The van der Waals surface area contributed by atoms with E-state index in [4.69, 9.17) is 0 Å². The monoisotopic (exact) mass is 145 g/mol. The van der Waals surface area contributed by atoms with Crippen LogP contribution < -0.4 is 5.32 Å². The average Bonchev–Trinajstić information content (AvgIpc) is 2.11. The molecule has 0 spiro atoms. The zero-order chi connectivity index (χ0) is 7.72. The molecule has 0 saturated carbocycles. The molecule has 0 radical (unpaired) electrons. The van der Waals surface area contributed by atoms with Crippen LogP contribution in [0.3, 0.4) is 0 Å². The van der Waals surface area contributed by atoms with Crippen molar-refractivity contribution in [2.24, 2.45) is 0 Å². The van der Waals surface area contributed by atoms with Gasteiger partial charge in [0, 0.05) is 5.01 Å². The van der Waals surface area contributed by atoms with E-state index in [1.54, 1.807) is 0 Å². The van der Waals surface area contributed by atoms with Gasteiger partial charge in [-0.25, -0.2) is 14.9 Å². The Bertz CT molecular complexity index is 196. The van der Waals surface area contributed by atoms with Gasteiger partial charge in [0.2, 0.25) is 0 Å². The Morgan fingerprint density at radius 1 is 1.60 bits per heavy atom. The summed E-state index contributed by atoms with van der Waals surface area (Å²) in [6.07, 6.45) is 0. The van der Waals surface area contributed by atoms with E-state index in [1.165, 1.54) is 0 Å². The lowest BCUT2D eigenvalue weighted by Gasteiger charge is -1.96. The van der Waals surface area contributed by atoms with Gasteiger partial charge in [-0.3, -0.25) is 4.79 Å². The molecule has 0 atom stereocenters. The summed E-state index contributed by atoms with van der Waals surface area (Å²) in [6, 6.07) is -0.977. The Labute approximate surface area is 54.7 Å². The molecule has 0 unspecified atom stereocenters. The van der Waals surface area contributed by atoms with Crippen molar-refractivity contribution >= 4 is 11.9 Å². The lowest BCUT2D eigenvalue weighted by Crippen LogP contribution is -2.36. The highest BCUT2D eigenvalue weighted by atomic mass is 16.7. The Morgan fingerprint density at radius 3 is 2.40 bits per heavy atom. The number of imide groups is 1. The lowest BCUT2D eigenvalue weighted by molar-refractivity contribution is -0.610. The van der Waals surface area contributed by atoms with Gasteiger partial charge in [0.1, 0.15) is 6.54 Å². The molecule has 1 aliphatic heterocycles. The van der Waals surface area contributed by atoms with Crippen LogP contribution in [-0.4, -0.2) is 28.5 Å². The molecule has 1 heterocycles. The second-order valence-corrected chi connectivity index (χ2v) is 1.60. The van der Waals surface area contributed by atoms with Crippen molar-refractivity contribution in [2.45, 2.75) is 0 Å². The van der Waals surface area contributed by atoms with Gasteiger partial charge >= 0.3 is 11.9 Å². The fourth-order valence-electron chi connectivity index (χ4n) is 0.579. The smallest absolute Gasteiger partial charge is 0.324 e. The van der Waals surface area contributed by atoms with Gasteiger partial charge in [-0.05, 0) is 0 Å². The number of nitrogens with zero attached hydrogens (tertiary/aromatic N) is 2. The third kappa shape index (κ3) is 0.768. The van der Waals surface area contributed by atoms with Gasteiger partial charge in [0.25, 0.3) is 0 Å². The first kappa shape index (κ1) is 6.46. The molecule has 10 heavy (non-hydrogen) atoms. The van der Waals surface area contributed by atoms with Crippen molar-refractivity contribution < 1.29 is 14.6 Å². The number of hydrazine groups is 1. The number of hydrogen-bond donors (Lipinski definition) is 1. The molecule has 1 N–H and O–H groups in total. The lowest BCUT2D eigenvalue weighted by atomic mass is 10.6. The first-order valence-electron chi connectivity index (χ1n) is 2.38. The van der Waals surface area contributed by atoms with Crippen LogP contribution in [0.1, 0.15) is 0 Å². The summed E-state index contributed by atoms with van der Waals surface area (Å²) >= 11 is 0. The second-order valence-electron chi connectivity index (χ2n) is 1.60. The molecule has 0 aliphatic carbocycles. The molecular formula is C3H3N3O4. The molecule has 0 bridgehead atoms. The summed E-state index contributed by atoms with van der Waals surface area (Å²) in [7, 11) is 0. The van der Waals surface area contributed by atoms with Crippen LogP contribution in [0.25, 0.3) is 0 Å². The third-order valence-electron chi connectivity index (χ3n) is 0.983. The summed E-state index contributed by atoms with van der Waals surface area (Å²) < 4.78 is 0. The van der Waals surface area contributed by atoms with Crippen molar-refractivity contribution in [3.8, 4) is 0 Å². The van der Waals surface area contributed by atoms with Gasteiger partial charge in [0.05, 0.1) is 0 Å². The predicted molar refractivity (Wildman–Crippen MR) is 27.2 cm³/mol. The standard InChI is InChI=1S/C3H3N3O4/c7-2-1-4-3(8)5(2)6(9)10/h1H2,(H,4,8). The molecule has 1 fully saturated rings. The maximum Gasteiger partial charge on any atom is 0.385 e. The molecule has 3 amide bonds. The Kier molecular flexibility index (Phi) is 1.25. The van der Waals surface area contributed by atoms with Crippen molar-refractivity contribution in [1.82, 2.24) is 10.3 Å². The SMILES string of the molecule is O=C1CNC(=O)N1[N+](=O)[O-]. The number of urea groups is 1. The van der Waals surface area contributed by atoms with Crippen LogP contribution in [0, 0.1) is 10.1 Å². The number of carbonyl (C=O) groups excluding carboxylic acids is 2. The molecule has 54 valence electrons. The van der Waals surface area contributed by atoms with E-state index in [-0.39, 0.29) is 11.6 Å². The molecule has 1 saturated heterocycles. The number of rotatable bonds is 1. The number of amides is 3. The minimum atomic E-state index is -1.05. The van der Waals surface area contributed by atoms with E-state index >= 15 is 0 Å². The highest BCUT2D eigenvalue weighted by Gasteiger charge is 2.38. The van der Waals surface area contributed by atoms with Crippen molar-refractivity contribution in [3.05, 3.63) is 10.1 Å². The van der Waals surface area contributed by atoms with Crippen LogP contribution in [0.2, 0.25) is 0 Å². The normalized spacial score (nSPS) is 17.4. The summed E-state index contributed by atoms with van der Waals surface area (Å²) in [5.41, 5.74) is 0. The van der Waals surface area contributed by atoms with E-state index in [0.29, 0.717) is 0 Å². The zero-order valence-corrected chi connectivity index (χ0v) is 4.73. The third-order valence-corrected chi connectivity index (χ3v) is 0.983. The fourth-order valence-corrected chi connectivity index (χ4v) is 0.579. The summed E-state index contributed by atoms with van der Waals surface area (Å²) in [5, 5.41) is 10.8. The minimum absolute atomic E-state index is 0.0556. The molecule has 0 aromatic heterocycles. The molecular weight excluding hydrogens is 142 g/mol. The van der Waals surface area contributed by atoms with Crippen molar-refractivity contribution in [1.29, 1.82) is 0 Å². The van der Waals surface area contributed by atoms with Gasteiger partial charge < -0.3 is 5.32 Å². The maximum absolute atomic E-state index is 10.4. The van der Waals surface area contributed by atoms with E-state index in [0.717, 1.165) is 0 Å². The average molecular weight is 145 g/mol.